The van der Waals surface area contributed by atoms with Crippen molar-refractivity contribution < 1.29 is 14.3 Å². The van der Waals surface area contributed by atoms with Crippen molar-refractivity contribution in [3.63, 3.8) is 0 Å². The van der Waals surface area contributed by atoms with Crippen molar-refractivity contribution in [1.29, 1.82) is 0 Å². The largest absolute Gasteiger partial charge is 0.487 e. The lowest BCUT2D eigenvalue weighted by atomic mass is 10.1. The molecule has 0 atom stereocenters. The third kappa shape index (κ3) is 5.68. The highest BCUT2D eigenvalue weighted by Crippen LogP contribution is 2.24. The molecule has 0 unspecified atom stereocenters. The summed E-state index contributed by atoms with van der Waals surface area (Å²) < 4.78 is 14.8. The van der Waals surface area contributed by atoms with Gasteiger partial charge in [0.2, 0.25) is 0 Å². The highest BCUT2D eigenvalue weighted by atomic mass is 16.5. The van der Waals surface area contributed by atoms with Crippen LogP contribution in [0, 0.1) is 20.8 Å². The monoisotopic (exact) mass is 475 g/mol. The maximum absolute atomic E-state index is 12.6. The minimum atomic E-state index is -0.275. The van der Waals surface area contributed by atoms with E-state index < -0.39 is 0 Å². The second-order valence-electron chi connectivity index (χ2n) is 8.48. The molecular formula is C26H29N5O4. The van der Waals surface area contributed by atoms with E-state index in [0.29, 0.717) is 35.2 Å². The lowest BCUT2D eigenvalue weighted by molar-refractivity contribution is -0.118. The molecule has 2 aromatic carbocycles. The quantitative estimate of drug-likeness (QED) is 0.395. The van der Waals surface area contributed by atoms with Gasteiger partial charge in [0.05, 0.1) is 5.69 Å². The zero-order valence-electron chi connectivity index (χ0n) is 20.4. The maximum atomic E-state index is 12.6. The third-order valence-corrected chi connectivity index (χ3v) is 5.50. The number of aromatic nitrogens is 4. The molecule has 0 radical (unpaired) electrons. The number of nitrogens with zero attached hydrogens (tertiary/aromatic N) is 4. The number of carbonyl (C=O) groups excluding carboxylic acids is 1. The number of ether oxygens (including phenoxy) is 2. The summed E-state index contributed by atoms with van der Waals surface area (Å²) in [6, 6.07) is 12.7. The molecule has 1 amide bonds. The summed E-state index contributed by atoms with van der Waals surface area (Å²) in [5.74, 6) is 1.33. The van der Waals surface area contributed by atoms with E-state index in [2.05, 4.69) is 15.3 Å². The molecule has 2 heterocycles. The second-order valence-corrected chi connectivity index (χ2v) is 8.48. The summed E-state index contributed by atoms with van der Waals surface area (Å²) in [5.41, 5.74) is 3.78. The normalized spacial score (nSPS) is 11.0. The van der Waals surface area contributed by atoms with Gasteiger partial charge in [0.15, 0.2) is 6.61 Å². The molecule has 2 aromatic heterocycles. The van der Waals surface area contributed by atoms with Crippen molar-refractivity contribution >= 4 is 17.4 Å². The summed E-state index contributed by atoms with van der Waals surface area (Å²) >= 11 is 0. The lowest BCUT2D eigenvalue weighted by Gasteiger charge is -2.13. The van der Waals surface area contributed by atoms with E-state index in [1.165, 1.54) is 10.6 Å². The average molecular weight is 476 g/mol. The van der Waals surface area contributed by atoms with Crippen molar-refractivity contribution in [1.82, 2.24) is 19.2 Å². The number of anilines is 1. The molecule has 0 aliphatic carbocycles. The first-order valence-electron chi connectivity index (χ1n) is 11.5. The summed E-state index contributed by atoms with van der Waals surface area (Å²) in [6.07, 6.45) is 2.49. The van der Waals surface area contributed by atoms with Gasteiger partial charge < -0.3 is 14.8 Å². The van der Waals surface area contributed by atoms with Crippen molar-refractivity contribution in [2.24, 2.45) is 0 Å². The smallest absolute Gasteiger partial charge is 0.274 e. The van der Waals surface area contributed by atoms with Gasteiger partial charge in [-0.05, 0) is 56.0 Å². The van der Waals surface area contributed by atoms with Crippen LogP contribution in [0.2, 0.25) is 0 Å². The summed E-state index contributed by atoms with van der Waals surface area (Å²) in [7, 11) is 0. The zero-order chi connectivity index (χ0) is 24.9. The van der Waals surface area contributed by atoms with Crippen LogP contribution < -0.4 is 20.3 Å². The fourth-order valence-electron chi connectivity index (χ4n) is 3.65. The second kappa shape index (κ2) is 10.4. The van der Waals surface area contributed by atoms with Crippen molar-refractivity contribution in [2.75, 3.05) is 11.9 Å². The van der Waals surface area contributed by atoms with Crippen molar-refractivity contribution in [3.8, 4) is 11.5 Å². The van der Waals surface area contributed by atoms with E-state index in [1.54, 1.807) is 23.1 Å². The third-order valence-electron chi connectivity index (χ3n) is 5.50. The van der Waals surface area contributed by atoms with Crippen LogP contribution in [0.5, 0.6) is 11.5 Å². The van der Waals surface area contributed by atoms with Crippen LogP contribution in [0.1, 0.15) is 35.7 Å². The lowest BCUT2D eigenvalue weighted by Crippen LogP contribution is -2.22. The van der Waals surface area contributed by atoms with E-state index in [1.807, 2.05) is 52.0 Å². The predicted octanol–water partition coefficient (Wildman–Crippen LogP) is 3.82. The van der Waals surface area contributed by atoms with Gasteiger partial charge in [-0.2, -0.15) is 9.50 Å². The highest BCUT2D eigenvalue weighted by molar-refractivity contribution is 5.92. The standard InChI is InChI=1S/C26H29N5O4/c1-5-10-30-16-27-26-29-21(13-25(33)31(26)30)14-34-23-12-20(9-8-19(23)4)28-24(32)15-35-22-11-17(2)6-7-18(22)3/h6-9,11-13,16H,5,10,14-15H2,1-4H3,(H,28,32). The Kier molecular flexibility index (Phi) is 7.14. The first kappa shape index (κ1) is 24.0. The zero-order valence-corrected chi connectivity index (χ0v) is 20.4. The van der Waals surface area contributed by atoms with E-state index in [0.717, 1.165) is 23.1 Å². The molecule has 0 spiro atoms. The van der Waals surface area contributed by atoms with E-state index in [4.69, 9.17) is 9.47 Å². The van der Waals surface area contributed by atoms with Crippen molar-refractivity contribution in [3.05, 3.63) is 81.5 Å². The molecule has 0 saturated heterocycles. The van der Waals surface area contributed by atoms with Crippen LogP contribution >= 0.6 is 0 Å². The molecule has 1 N–H and O–H groups in total. The Morgan fingerprint density at radius 2 is 1.74 bits per heavy atom. The molecule has 0 saturated carbocycles. The van der Waals surface area contributed by atoms with Gasteiger partial charge in [0, 0.05) is 24.4 Å². The topological polar surface area (TPSA) is 99.8 Å². The van der Waals surface area contributed by atoms with Crippen LogP contribution in [-0.4, -0.2) is 31.7 Å². The predicted molar refractivity (Wildman–Crippen MR) is 133 cm³/mol. The fraction of sp³-hybridized carbons (Fsp3) is 0.308. The Morgan fingerprint density at radius 1 is 1.00 bits per heavy atom. The average Bonchev–Trinajstić information content (AvgIpc) is 3.23. The molecule has 9 nitrogen and oxygen atoms in total. The molecular weight excluding hydrogens is 446 g/mol. The maximum Gasteiger partial charge on any atom is 0.274 e. The van der Waals surface area contributed by atoms with Crippen molar-refractivity contribution in [2.45, 2.75) is 47.3 Å². The van der Waals surface area contributed by atoms with Crippen LogP contribution in [0.3, 0.4) is 0 Å². The van der Waals surface area contributed by atoms with Gasteiger partial charge in [-0.3, -0.25) is 14.3 Å². The van der Waals surface area contributed by atoms with E-state index >= 15 is 0 Å². The van der Waals surface area contributed by atoms with E-state index in [9.17, 15) is 9.59 Å². The summed E-state index contributed by atoms with van der Waals surface area (Å²) in [5, 5.41) is 2.83. The fourth-order valence-corrected chi connectivity index (χ4v) is 3.65. The van der Waals surface area contributed by atoms with Crippen LogP contribution in [-0.2, 0) is 17.9 Å². The van der Waals surface area contributed by atoms with Crippen LogP contribution in [0.25, 0.3) is 5.78 Å². The van der Waals surface area contributed by atoms with Crippen LogP contribution in [0.4, 0.5) is 5.69 Å². The first-order valence-corrected chi connectivity index (χ1v) is 11.5. The summed E-state index contributed by atoms with van der Waals surface area (Å²) in [6.45, 7) is 8.53. The number of rotatable bonds is 9. The summed E-state index contributed by atoms with van der Waals surface area (Å²) in [4.78, 5) is 33.7. The number of amides is 1. The molecule has 4 aromatic rings. The van der Waals surface area contributed by atoms with Crippen LogP contribution in [0.15, 0.2) is 53.6 Å². The number of hydrogen-bond acceptors (Lipinski definition) is 6. The minimum Gasteiger partial charge on any atom is -0.487 e. The number of hydrogen-bond donors (Lipinski definition) is 1. The molecule has 0 fully saturated rings. The molecule has 182 valence electrons. The molecule has 0 aliphatic rings. The minimum absolute atomic E-state index is 0.0976. The number of fused-ring (bicyclic) bond motifs is 1. The van der Waals surface area contributed by atoms with Gasteiger partial charge in [0.1, 0.15) is 24.4 Å². The Hall–Kier alpha value is -4.14. The molecule has 0 aliphatic heterocycles. The van der Waals surface area contributed by atoms with Gasteiger partial charge in [0.25, 0.3) is 17.2 Å². The van der Waals surface area contributed by atoms with Gasteiger partial charge in [-0.15, -0.1) is 0 Å². The molecule has 9 heteroatoms. The van der Waals surface area contributed by atoms with Gasteiger partial charge in [-0.25, -0.2) is 4.98 Å². The van der Waals surface area contributed by atoms with E-state index in [-0.39, 0.29) is 24.7 Å². The number of aryl methyl sites for hydroxylation is 4. The molecule has 0 bridgehead atoms. The molecule has 4 rings (SSSR count). The highest BCUT2D eigenvalue weighted by Gasteiger charge is 2.11. The number of carbonyl (C=O) groups is 1. The van der Waals surface area contributed by atoms with Gasteiger partial charge >= 0.3 is 0 Å². The number of nitrogens with one attached hydrogen (secondary N) is 1. The Morgan fingerprint density at radius 3 is 2.51 bits per heavy atom. The number of benzene rings is 2. The van der Waals surface area contributed by atoms with Gasteiger partial charge in [-0.1, -0.05) is 25.1 Å². The SMILES string of the molecule is CCCn1cnc2nc(COc3cc(NC(=O)COc4cc(C)ccc4C)ccc3C)cc(=O)n21. The first-order chi connectivity index (χ1) is 16.8. The Labute approximate surface area is 203 Å². The molecule has 35 heavy (non-hydrogen) atoms. The Bertz CT molecular complexity index is 1420. The Balaban J connectivity index is 1.40.